The molecule has 0 aromatic heterocycles. The van der Waals surface area contributed by atoms with Crippen molar-refractivity contribution in [3.8, 4) is 0 Å². The Kier molecular flexibility index (Phi) is 4.99. The van der Waals surface area contributed by atoms with Gasteiger partial charge in [0.1, 0.15) is 12.6 Å². The van der Waals surface area contributed by atoms with Gasteiger partial charge in [-0.25, -0.2) is 0 Å². The summed E-state index contributed by atoms with van der Waals surface area (Å²) in [6, 6.07) is 7.80. The van der Waals surface area contributed by atoms with Gasteiger partial charge < -0.3 is 10.1 Å². The van der Waals surface area contributed by atoms with Crippen molar-refractivity contribution in [2.75, 3.05) is 5.32 Å². The first-order valence-corrected chi connectivity index (χ1v) is 5.18. The number of hydrogen-bond donors (Lipinski definition) is 1. The number of rotatable bonds is 6. The molecule has 0 aliphatic rings. The highest BCUT2D eigenvalue weighted by Gasteiger charge is 2.00. The van der Waals surface area contributed by atoms with Gasteiger partial charge in [-0.15, -0.1) is 0 Å². The summed E-state index contributed by atoms with van der Waals surface area (Å²) in [7, 11) is 0. The average Bonchev–Trinajstić information content (AvgIpc) is 2.29. The van der Waals surface area contributed by atoms with Crippen molar-refractivity contribution in [3.05, 3.63) is 41.6 Å². The van der Waals surface area contributed by atoms with E-state index in [2.05, 4.69) is 5.32 Å². The van der Waals surface area contributed by atoms with E-state index in [9.17, 15) is 9.59 Å². The van der Waals surface area contributed by atoms with Gasteiger partial charge in [0.2, 0.25) is 0 Å². The number of anilines is 1. The minimum atomic E-state index is 0.415. The second kappa shape index (κ2) is 6.56. The lowest BCUT2D eigenvalue weighted by atomic mass is 10.1. The third kappa shape index (κ3) is 3.69. The Bertz CT molecular complexity index is 397. The summed E-state index contributed by atoms with van der Waals surface area (Å²) in [6.07, 6.45) is 3.99. The van der Waals surface area contributed by atoms with E-state index in [0.717, 1.165) is 29.5 Å². The van der Waals surface area contributed by atoms with Gasteiger partial charge in [0.25, 0.3) is 0 Å². The van der Waals surface area contributed by atoms with Gasteiger partial charge in [0.15, 0.2) is 0 Å². The topological polar surface area (TPSA) is 46.2 Å². The third-order valence-corrected chi connectivity index (χ3v) is 2.24. The number of para-hydroxylation sites is 1. The molecule has 0 heterocycles. The largest absolute Gasteiger partial charge is 0.359 e. The maximum absolute atomic E-state index is 10.4. The molecule has 1 N–H and O–H groups in total. The standard InChI is InChI=1S/C13H15NO2/c1-11-5-2-3-7-13(11)14-12(8-10-16)6-4-9-15/h2-3,5,7-10,14H,4,6H2,1H3/b12-8-. The molecule has 0 fully saturated rings. The van der Waals surface area contributed by atoms with Crippen LogP contribution in [-0.2, 0) is 9.59 Å². The van der Waals surface area contributed by atoms with Crippen LogP contribution in [0, 0.1) is 6.92 Å². The number of aryl methyl sites for hydroxylation is 1. The molecule has 0 aliphatic heterocycles. The quantitative estimate of drug-likeness (QED) is 0.588. The maximum Gasteiger partial charge on any atom is 0.144 e. The Hall–Kier alpha value is -1.90. The zero-order valence-corrected chi connectivity index (χ0v) is 9.27. The van der Waals surface area contributed by atoms with E-state index in [1.165, 1.54) is 6.08 Å². The molecule has 0 bridgehead atoms. The van der Waals surface area contributed by atoms with Gasteiger partial charge in [-0.3, -0.25) is 4.79 Å². The van der Waals surface area contributed by atoms with Crippen molar-refractivity contribution < 1.29 is 9.59 Å². The summed E-state index contributed by atoms with van der Waals surface area (Å²) in [6.45, 7) is 1.99. The van der Waals surface area contributed by atoms with Crippen LogP contribution in [0.4, 0.5) is 5.69 Å². The van der Waals surface area contributed by atoms with Gasteiger partial charge in [0.05, 0.1) is 0 Å². The van der Waals surface area contributed by atoms with Gasteiger partial charge in [0, 0.05) is 17.8 Å². The molecule has 0 amide bonds. The molecular formula is C13H15NO2. The molecule has 84 valence electrons. The number of aldehydes is 2. The van der Waals surface area contributed by atoms with E-state index in [4.69, 9.17) is 0 Å². The van der Waals surface area contributed by atoms with Crippen LogP contribution in [0.15, 0.2) is 36.0 Å². The predicted molar refractivity (Wildman–Crippen MR) is 64.2 cm³/mol. The summed E-state index contributed by atoms with van der Waals surface area (Å²) in [5.74, 6) is 0. The van der Waals surface area contributed by atoms with Crippen LogP contribution in [0.25, 0.3) is 0 Å². The fraction of sp³-hybridized carbons (Fsp3) is 0.231. The van der Waals surface area contributed by atoms with Gasteiger partial charge in [-0.1, -0.05) is 18.2 Å². The number of allylic oxidation sites excluding steroid dienone is 2. The van der Waals surface area contributed by atoms with E-state index < -0.39 is 0 Å². The highest BCUT2D eigenvalue weighted by molar-refractivity contribution is 5.69. The lowest BCUT2D eigenvalue weighted by Gasteiger charge is -2.11. The summed E-state index contributed by atoms with van der Waals surface area (Å²) in [4.78, 5) is 20.7. The molecule has 0 atom stereocenters. The second-order valence-electron chi connectivity index (χ2n) is 3.47. The zero-order chi connectivity index (χ0) is 11.8. The Morgan fingerprint density at radius 1 is 1.31 bits per heavy atom. The van der Waals surface area contributed by atoms with Crippen LogP contribution in [0.5, 0.6) is 0 Å². The summed E-state index contributed by atoms with van der Waals surface area (Å²) >= 11 is 0. The Labute approximate surface area is 95.2 Å². The van der Waals surface area contributed by atoms with Gasteiger partial charge >= 0.3 is 0 Å². The van der Waals surface area contributed by atoms with Crippen molar-refractivity contribution >= 4 is 18.3 Å². The summed E-state index contributed by atoms with van der Waals surface area (Å²) in [5.41, 5.74) is 2.82. The Morgan fingerprint density at radius 3 is 2.69 bits per heavy atom. The lowest BCUT2D eigenvalue weighted by Crippen LogP contribution is -2.02. The normalized spacial score (nSPS) is 10.9. The molecule has 0 saturated heterocycles. The van der Waals surface area contributed by atoms with Crippen LogP contribution in [0.2, 0.25) is 0 Å². The molecule has 1 aromatic rings. The predicted octanol–water partition coefficient (Wildman–Crippen LogP) is 2.47. The van der Waals surface area contributed by atoms with Crippen LogP contribution in [0.3, 0.4) is 0 Å². The third-order valence-electron chi connectivity index (χ3n) is 2.24. The molecule has 0 unspecified atom stereocenters. The maximum atomic E-state index is 10.4. The molecule has 3 heteroatoms. The SMILES string of the molecule is Cc1ccccc1N/C(=C\C=O)CCC=O. The number of nitrogens with one attached hydrogen (secondary N) is 1. The van der Waals surface area contributed by atoms with Crippen molar-refractivity contribution in [2.24, 2.45) is 0 Å². The van der Waals surface area contributed by atoms with Crippen LogP contribution in [0.1, 0.15) is 18.4 Å². The monoisotopic (exact) mass is 217 g/mol. The van der Waals surface area contributed by atoms with E-state index in [0.29, 0.717) is 12.8 Å². The molecule has 3 nitrogen and oxygen atoms in total. The fourth-order valence-electron chi connectivity index (χ4n) is 1.37. The summed E-state index contributed by atoms with van der Waals surface area (Å²) < 4.78 is 0. The first kappa shape index (κ1) is 12.2. The van der Waals surface area contributed by atoms with Gasteiger partial charge in [-0.2, -0.15) is 0 Å². The smallest absolute Gasteiger partial charge is 0.144 e. The van der Waals surface area contributed by atoms with Crippen LogP contribution >= 0.6 is 0 Å². The molecule has 1 aromatic carbocycles. The van der Waals surface area contributed by atoms with Gasteiger partial charge in [-0.05, 0) is 31.1 Å². The first-order chi connectivity index (χ1) is 7.77. The molecule has 0 radical (unpaired) electrons. The number of carbonyl (C=O) groups excluding carboxylic acids is 2. The minimum Gasteiger partial charge on any atom is -0.359 e. The molecule has 0 aliphatic carbocycles. The second-order valence-corrected chi connectivity index (χ2v) is 3.47. The number of hydrogen-bond acceptors (Lipinski definition) is 3. The molecular weight excluding hydrogens is 202 g/mol. The van der Waals surface area contributed by atoms with E-state index >= 15 is 0 Å². The van der Waals surface area contributed by atoms with Crippen LogP contribution in [-0.4, -0.2) is 12.6 Å². The van der Waals surface area contributed by atoms with Crippen molar-refractivity contribution in [1.29, 1.82) is 0 Å². The van der Waals surface area contributed by atoms with E-state index in [1.807, 2.05) is 31.2 Å². The molecule has 0 spiro atoms. The van der Waals surface area contributed by atoms with Crippen molar-refractivity contribution in [3.63, 3.8) is 0 Å². The number of carbonyl (C=O) groups is 2. The Morgan fingerprint density at radius 2 is 2.06 bits per heavy atom. The highest BCUT2D eigenvalue weighted by Crippen LogP contribution is 2.17. The minimum absolute atomic E-state index is 0.415. The highest BCUT2D eigenvalue weighted by atomic mass is 16.1. The first-order valence-electron chi connectivity index (χ1n) is 5.18. The molecule has 0 saturated carbocycles. The van der Waals surface area contributed by atoms with Crippen LogP contribution < -0.4 is 5.32 Å². The van der Waals surface area contributed by atoms with Crippen molar-refractivity contribution in [2.45, 2.75) is 19.8 Å². The lowest BCUT2D eigenvalue weighted by molar-refractivity contribution is -0.108. The Balaban J connectivity index is 2.75. The number of benzene rings is 1. The fourth-order valence-corrected chi connectivity index (χ4v) is 1.37. The van der Waals surface area contributed by atoms with E-state index in [-0.39, 0.29) is 0 Å². The van der Waals surface area contributed by atoms with E-state index in [1.54, 1.807) is 0 Å². The average molecular weight is 217 g/mol. The van der Waals surface area contributed by atoms with Crippen molar-refractivity contribution in [1.82, 2.24) is 0 Å². The molecule has 1 rings (SSSR count). The summed E-state index contributed by atoms with van der Waals surface area (Å²) in [5, 5.41) is 3.15. The molecule has 16 heavy (non-hydrogen) atoms. The zero-order valence-electron chi connectivity index (χ0n) is 9.27.